The number of anilines is 2. The number of nitrogens with zero attached hydrogens (tertiary/aromatic N) is 3. The van der Waals surface area contributed by atoms with Gasteiger partial charge in [-0.15, -0.1) is 0 Å². The van der Waals surface area contributed by atoms with E-state index >= 15 is 0 Å². The van der Waals surface area contributed by atoms with E-state index in [9.17, 15) is 27.6 Å². The fourth-order valence-corrected chi connectivity index (χ4v) is 5.42. The quantitative estimate of drug-likeness (QED) is 0.423. The SMILES string of the molecule is COC(=O)C1CCCC1C(=O)N1CCN(c2ccc(NC(=O)c3nc(-c4ccccc4)oc3C(F)(F)F)cc2)CC1. The molecule has 1 aliphatic heterocycles. The van der Waals surface area contributed by atoms with Gasteiger partial charge in [0.2, 0.25) is 17.6 Å². The van der Waals surface area contributed by atoms with Crippen molar-refractivity contribution in [2.24, 2.45) is 11.8 Å². The van der Waals surface area contributed by atoms with Crippen LogP contribution in [0.15, 0.2) is 59.0 Å². The molecule has 0 spiro atoms. The molecule has 2 atom stereocenters. The molecule has 2 amide bonds. The zero-order chi connectivity index (χ0) is 29.1. The van der Waals surface area contributed by atoms with Crippen LogP contribution in [0, 0.1) is 11.8 Å². The highest BCUT2D eigenvalue weighted by Gasteiger charge is 2.42. The van der Waals surface area contributed by atoms with Crippen LogP contribution in [0.2, 0.25) is 0 Å². The predicted octanol–water partition coefficient (Wildman–Crippen LogP) is 4.85. The molecule has 0 radical (unpaired) electrons. The van der Waals surface area contributed by atoms with Crippen molar-refractivity contribution in [3.05, 3.63) is 66.1 Å². The lowest BCUT2D eigenvalue weighted by atomic mass is 9.94. The number of alkyl halides is 3. The number of methoxy groups -OCH3 is 1. The number of nitrogens with one attached hydrogen (secondary N) is 1. The third-order valence-electron chi connectivity index (χ3n) is 7.54. The van der Waals surface area contributed by atoms with Gasteiger partial charge in [0, 0.05) is 43.1 Å². The molecule has 216 valence electrons. The van der Waals surface area contributed by atoms with Gasteiger partial charge in [0.1, 0.15) is 0 Å². The molecule has 1 aliphatic carbocycles. The van der Waals surface area contributed by atoms with Crippen LogP contribution >= 0.6 is 0 Å². The first-order chi connectivity index (χ1) is 19.7. The summed E-state index contributed by atoms with van der Waals surface area (Å²) in [6.07, 6.45) is -2.74. The van der Waals surface area contributed by atoms with Gasteiger partial charge >= 0.3 is 12.1 Å². The largest absolute Gasteiger partial charge is 0.469 e. The molecule has 2 heterocycles. The average Bonchev–Trinajstić information content (AvgIpc) is 3.66. The maximum absolute atomic E-state index is 13.6. The van der Waals surface area contributed by atoms with E-state index in [2.05, 4.69) is 15.2 Å². The molecule has 3 aromatic rings. The lowest BCUT2D eigenvalue weighted by Gasteiger charge is -2.37. The van der Waals surface area contributed by atoms with Crippen LogP contribution in [0.25, 0.3) is 11.5 Å². The first-order valence-electron chi connectivity index (χ1n) is 13.3. The summed E-state index contributed by atoms with van der Waals surface area (Å²) < 4.78 is 50.6. The number of carbonyl (C=O) groups is 3. The zero-order valence-electron chi connectivity index (χ0n) is 22.3. The minimum Gasteiger partial charge on any atom is -0.469 e. The molecule has 9 nitrogen and oxygen atoms in total. The third-order valence-corrected chi connectivity index (χ3v) is 7.54. The summed E-state index contributed by atoms with van der Waals surface area (Å²) in [5.41, 5.74) is 0.597. The molecule has 0 bridgehead atoms. The Morgan fingerprint density at radius 2 is 1.61 bits per heavy atom. The summed E-state index contributed by atoms with van der Waals surface area (Å²) in [5, 5.41) is 2.47. The predicted molar refractivity (Wildman–Crippen MR) is 143 cm³/mol. The van der Waals surface area contributed by atoms with Crippen LogP contribution in [-0.2, 0) is 20.5 Å². The van der Waals surface area contributed by atoms with Crippen molar-refractivity contribution in [1.29, 1.82) is 0 Å². The van der Waals surface area contributed by atoms with E-state index in [0.717, 1.165) is 12.1 Å². The molecular formula is C29H29F3N4O5. The maximum atomic E-state index is 13.6. The van der Waals surface area contributed by atoms with Gasteiger partial charge in [0.05, 0.1) is 18.9 Å². The molecule has 2 fully saturated rings. The van der Waals surface area contributed by atoms with Gasteiger partial charge in [-0.05, 0) is 49.2 Å². The molecule has 1 aromatic heterocycles. The second-order valence-corrected chi connectivity index (χ2v) is 10.0. The van der Waals surface area contributed by atoms with Crippen molar-refractivity contribution in [1.82, 2.24) is 9.88 Å². The fourth-order valence-electron chi connectivity index (χ4n) is 5.42. The van der Waals surface area contributed by atoms with E-state index < -0.39 is 23.5 Å². The van der Waals surface area contributed by atoms with E-state index in [1.807, 2.05) is 0 Å². The molecule has 5 rings (SSSR count). The van der Waals surface area contributed by atoms with E-state index in [0.29, 0.717) is 50.3 Å². The van der Waals surface area contributed by atoms with Gasteiger partial charge in [-0.25, -0.2) is 4.98 Å². The van der Waals surface area contributed by atoms with Crippen LogP contribution in [0.5, 0.6) is 0 Å². The van der Waals surface area contributed by atoms with Crippen molar-refractivity contribution in [2.45, 2.75) is 25.4 Å². The monoisotopic (exact) mass is 570 g/mol. The van der Waals surface area contributed by atoms with Crippen LogP contribution in [-0.4, -0.2) is 61.0 Å². The number of amides is 2. The van der Waals surface area contributed by atoms with Crippen LogP contribution < -0.4 is 10.2 Å². The summed E-state index contributed by atoms with van der Waals surface area (Å²) in [4.78, 5) is 45.6. The highest BCUT2D eigenvalue weighted by molar-refractivity contribution is 6.04. The second kappa shape index (κ2) is 11.6. The molecule has 2 aliphatic rings. The Balaban J connectivity index is 1.21. The smallest absolute Gasteiger partial charge is 0.452 e. The second-order valence-electron chi connectivity index (χ2n) is 10.0. The first-order valence-corrected chi connectivity index (χ1v) is 13.3. The molecule has 1 N–H and O–H groups in total. The van der Waals surface area contributed by atoms with Gasteiger partial charge in [-0.1, -0.05) is 24.6 Å². The fraction of sp³-hybridized carbons (Fsp3) is 0.379. The number of benzene rings is 2. The summed E-state index contributed by atoms with van der Waals surface area (Å²) in [6, 6.07) is 14.7. The van der Waals surface area contributed by atoms with Crippen molar-refractivity contribution < 1.29 is 36.7 Å². The van der Waals surface area contributed by atoms with Gasteiger partial charge in [0.25, 0.3) is 5.91 Å². The number of rotatable bonds is 6. The minimum absolute atomic E-state index is 0.0166. The van der Waals surface area contributed by atoms with Crippen molar-refractivity contribution in [2.75, 3.05) is 43.5 Å². The number of aromatic nitrogens is 1. The van der Waals surface area contributed by atoms with Crippen molar-refractivity contribution in [3.8, 4) is 11.5 Å². The Hall–Kier alpha value is -4.35. The van der Waals surface area contributed by atoms with Crippen LogP contribution in [0.4, 0.5) is 24.5 Å². The zero-order valence-corrected chi connectivity index (χ0v) is 22.3. The molecule has 1 saturated heterocycles. The lowest BCUT2D eigenvalue weighted by Crippen LogP contribution is -2.51. The van der Waals surface area contributed by atoms with Gasteiger partial charge in [0.15, 0.2) is 5.69 Å². The number of piperazine rings is 1. The molecular weight excluding hydrogens is 541 g/mol. The number of halogens is 3. The van der Waals surface area contributed by atoms with E-state index in [1.165, 1.54) is 19.2 Å². The summed E-state index contributed by atoms with van der Waals surface area (Å²) in [5.74, 6) is -3.89. The highest BCUT2D eigenvalue weighted by Crippen LogP contribution is 2.36. The lowest BCUT2D eigenvalue weighted by molar-refractivity contribution is -0.153. The van der Waals surface area contributed by atoms with Crippen LogP contribution in [0.3, 0.4) is 0 Å². The number of esters is 1. The number of hydrogen-bond acceptors (Lipinski definition) is 7. The number of hydrogen-bond donors (Lipinski definition) is 1. The Labute approximate surface area is 234 Å². The Kier molecular flexibility index (Phi) is 8.00. The van der Waals surface area contributed by atoms with Crippen LogP contribution in [0.1, 0.15) is 35.5 Å². The Morgan fingerprint density at radius 1 is 0.951 bits per heavy atom. The normalized spacial score (nSPS) is 19.2. The maximum Gasteiger partial charge on any atom is 0.452 e. The van der Waals surface area contributed by atoms with Gasteiger partial charge in [-0.3, -0.25) is 14.4 Å². The van der Waals surface area contributed by atoms with Crippen molar-refractivity contribution >= 4 is 29.2 Å². The average molecular weight is 571 g/mol. The number of oxazole rings is 1. The molecule has 12 heteroatoms. The van der Waals surface area contributed by atoms with E-state index in [1.54, 1.807) is 47.4 Å². The molecule has 41 heavy (non-hydrogen) atoms. The Bertz CT molecular complexity index is 1400. The summed E-state index contributed by atoms with van der Waals surface area (Å²) in [6.45, 7) is 2.14. The summed E-state index contributed by atoms with van der Waals surface area (Å²) >= 11 is 0. The standard InChI is InChI=1S/C29H29F3N4O5/c1-40-28(39)22-9-5-8-21(22)27(38)36-16-14-35(15-17-36)20-12-10-19(11-13-20)33-25(37)23-24(29(30,31)32)41-26(34-23)18-6-3-2-4-7-18/h2-4,6-7,10-13,21-22H,5,8-9,14-17H2,1H3,(H,33,37). The first kappa shape index (κ1) is 28.2. The minimum atomic E-state index is -4.90. The van der Waals surface area contributed by atoms with Gasteiger partial charge < -0.3 is 24.3 Å². The Morgan fingerprint density at radius 3 is 2.24 bits per heavy atom. The number of carbonyl (C=O) groups excluding carboxylic acids is 3. The van der Waals surface area contributed by atoms with E-state index in [-0.39, 0.29) is 29.6 Å². The van der Waals surface area contributed by atoms with Gasteiger partial charge in [-0.2, -0.15) is 13.2 Å². The molecule has 2 unspecified atom stereocenters. The number of ether oxygens (including phenoxy) is 1. The molecule has 2 aromatic carbocycles. The topological polar surface area (TPSA) is 105 Å². The third kappa shape index (κ3) is 6.06. The van der Waals surface area contributed by atoms with E-state index in [4.69, 9.17) is 9.15 Å². The van der Waals surface area contributed by atoms with Crippen molar-refractivity contribution in [3.63, 3.8) is 0 Å². The summed E-state index contributed by atoms with van der Waals surface area (Å²) in [7, 11) is 1.34. The highest BCUT2D eigenvalue weighted by atomic mass is 19.4. The molecule has 1 saturated carbocycles.